The van der Waals surface area contributed by atoms with Crippen LogP contribution in [0.3, 0.4) is 0 Å². The molecule has 8 heteroatoms. The predicted octanol–water partition coefficient (Wildman–Crippen LogP) is -1.36. The highest BCUT2D eigenvalue weighted by Gasteiger charge is 2.07. The number of aromatic nitrogens is 2. The number of nitrogens with one attached hydrogen (secondary N) is 2. The molecule has 1 heterocycles. The molecule has 0 saturated heterocycles. The first kappa shape index (κ1) is 16.3. The largest absolute Gasteiger partial charge is 0.391 e. The maximum atomic E-state index is 12.0. The van der Waals surface area contributed by atoms with Crippen LogP contribution in [0.2, 0.25) is 0 Å². The Morgan fingerprint density at radius 1 is 1.10 bits per heavy atom. The number of hydrogen-bond acceptors (Lipinski definition) is 6. The third-order valence-corrected chi connectivity index (χ3v) is 2.91. The number of rotatable bonds is 8. The second-order valence-corrected chi connectivity index (χ2v) is 4.49. The van der Waals surface area contributed by atoms with Crippen LogP contribution in [0.4, 0.5) is 0 Å². The van der Waals surface area contributed by atoms with E-state index in [0.29, 0.717) is 12.8 Å². The summed E-state index contributed by atoms with van der Waals surface area (Å²) in [5, 5.41) is 18.9. The van der Waals surface area contributed by atoms with Crippen LogP contribution in [0.15, 0.2) is 21.9 Å². The van der Waals surface area contributed by atoms with Gasteiger partial charge in [-0.3, -0.25) is 4.79 Å². The van der Waals surface area contributed by atoms with Crippen molar-refractivity contribution in [2.75, 3.05) is 23.9 Å². The molecule has 114 valence electrons. The molecule has 0 aliphatic carbocycles. The Morgan fingerprint density at radius 3 is 2.20 bits per heavy atom. The molecule has 0 aromatic carbocycles. The highest BCUT2D eigenvalue weighted by Crippen LogP contribution is 1.88. The van der Waals surface area contributed by atoms with Crippen molar-refractivity contribution in [1.82, 2.24) is 9.35 Å². The van der Waals surface area contributed by atoms with Crippen molar-refractivity contribution < 1.29 is 10.2 Å². The van der Waals surface area contributed by atoms with Gasteiger partial charge < -0.3 is 21.1 Å². The monoisotopic (exact) mass is 286 g/mol. The minimum atomic E-state index is -0.634. The van der Waals surface area contributed by atoms with Gasteiger partial charge in [-0.2, -0.15) is 4.68 Å². The van der Waals surface area contributed by atoms with Crippen molar-refractivity contribution in [2.45, 2.75) is 38.9 Å². The molecule has 0 fully saturated rings. The van der Waals surface area contributed by atoms with Crippen molar-refractivity contribution in [2.24, 2.45) is 0 Å². The molecule has 1 rings (SSSR count). The molecule has 2 unspecified atom stereocenters. The van der Waals surface area contributed by atoms with E-state index in [1.807, 2.05) is 6.92 Å². The van der Waals surface area contributed by atoms with Crippen LogP contribution in [0.5, 0.6) is 0 Å². The van der Waals surface area contributed by atoms with E-state index < -0.39 is 23.5 Å². The van der Waals surface area contributed by atoms with E-state index in [1.165, 1.54) is 12.3 Å². The summed E-state index contributed by atoms with van der Waals surface area (Å²) < 4.78 is 1.94. The molecule has 0 radical (unpaired) electrons. The molecule has 20 heavy (non-hydrogen) atoms. The van der Waals surface area contributed by atoms with Gasteiger partial charge in [0.2, 0.25) is 0 Å². The Labute approximate surface area is 116 Å². The molecule has 2 atom stereocenters. The first-order chi connectivity index (χ1) is 9.49. The topological polar surface area (TPSA) is 109 Å². The number of aliphatic hydroxyl groups is 2. The van der Waals surface area contributed by atoms with Crippen molar-refractivity contribution >= 4 is 0 Å². The quantitative estimate of drug-likeness (QED) is 0.470. The van der Waals surface area contributed by atoms with Gasteiger partial charge in [-0.05, 0) is 12.8 Å². The van der Waals surface area contributed by atoms with E-state index in [-0.39, 0.29) is 13.1 Å². The Morgan fingerprint density at radius 2 is 1.65 bits per heavy atom. The lowest BCUT2D eigenvalue weighted by Gasteiger charge is -2.16. The lowest BCUT2D eigenvalue weighted by atomic mass is 10.3. The van der Waals surface area contributed by atoms with Gasteiger partial charge in [0.15, 0.2) is 0 Å². The van der Waals surface area contributed by atoms with Crippen LogP contribution in [-0.2, 0) is 0 Å². The maximum Gasteiger partial charge on any atom is 0.368 e. The Kier molecular flexibility index (Phi) is 6.26. The van der Waals surface area contributed by atoms with Crippen LogP contribution >= 0.6 is 0 Å². The summed E-state index contributed by atoms with van der Waals surface area (Å²) in [5.74, 6) is 0. The second kappa shape index (κ2) is 7.71. The van der Waals surface area contributed by atoms with Gasteiger partial charge in [0.1, 0.15) is 0 Å². The summed E-state index contributed by atoms with van der Waals surface area (Å²) in [6.07, 6.45) is 1.18. The summed E-state index contributed by atoms with van der Waals surface area (Å²) >= 11 is 0. The number of aliphatic hydroxyl groups excluding tert-OH is 2. The average molecular weight is 286 g/mol. The molecular formula is C12H22N4O4. The molecule has 0 aliphatic heterocycles. The molecule has 0 bridgehead atoms. The third kappa shape index (κ3) is 4.39. The average Bonchev–Trinajstić information content (AvgIpc) is 2.45. The van der Waals surface area contributed by atoms with Crippen molar-refractivity contribution in [1.29, 1.82) is 0 Å². The molecule has 0 aliphatic rings. The zero-order chi connectivity index (χ0) is 15.1. The van der Waals surface area contributed by atoms with E-state index in [2.05, 4.69) is 10.9 Å². The molecule has 0 amide bonds. The van der Waals surface area contributed by atoms with Gasteiger partial charge in [0, 0.05) is 12.3 Å². The predicted molar refractivity (Wildman–Crippen MR) is 76.0 cm³/mol. The normalized spacial score (nSPS) is 13.8. The van der Waals surface area contributed by atoms with Crippen LogP contribution in [0.25, 0.3) is 0 Å². The van der Waals surface area contributed by atoms with Crippen LogP contribution in [0, 0.1) is 0 Å². The maximum absolute atomic E-state index is 12.0. The fraction of sp³-hybridized carbons (Fsp3) is 0.667. The first-order valence-electron chi connectivity index (χ1n) is 6.68. The molecule has 0 spiro atoms. The van der Waals surface area contributed by atoms with Gasteiger partial charge in [0.25, 0.3) is 5.56 Å². The third-order valence-electron chi connectivity index (χ3n) is 2.91. The Bertz CT molecular complexity index is 525. The number of nitrogens with zero attached hydrogens (tertiary/aromatic N) is 2. The molecular weight excluding hydrogens is 264 g/mol. The SMILES string of the molecule is CCC(O)CNn1ccc(=O)n(NCC(O)CC)c1=O. The molecule has 4 N–H and O–H groups in total. The summed E-state index contributed by atoms with van der Waals surface area (Å²) in [7, 11) is 0. The van der Waals surface area contributed by atoms with E-state index >= 15 is 0 Å². The van der Waals surface area contributed by atoms with Crippen molar-refractivity contribution in [3.63, 3.8) is 0 Å². The minimum absolute atomic E-state index is 0.104. The summed E-state index contributed by atoms with van der Waals surface area (Å²) in [5.41, 5.74) is 4.20. The van der Waals surface area contributed by atoms with E-state index in [0.717, 1.165) is 9.35 Å². The van der Waals surface area contributed by atoms with E-state index in [9.17, 15) is 19.8 Å². The molecule has 1 aromatic rings. The van der Waals surface area contributed by atoms with E-state index in [4.69, 9.17) is 0 Å². The summed E-state index contributed by atoms with van der Waals surface area (Å²) in [6.45, 7) is 3.93. The van der Waals surface area contributed by atoms with E-state index in [1.54, 1.807) is 6.92 Å². The zero-order valence-corrected chi connectivity index (χ0v) is 11.7. The molecule has 0 saturated carbocycles. The molecule has 1 aromatic heterocycles. The zero-order valence-electron chi connectivity index (χ0n) is 11.7. The van der Waals surface area contributed by atoms with Gasteiger partial charge in [0.05, 0.1) is 25.3 Å². The summed E-state index contributed by atoms with van der Waals surface area (Å²) in [6, 6.07) is 1.22. The van der Waals surface area contributed by atoms with Gasteiger partial charge in [-0.15, -0.1) is 0 Å². The lowest BCUT2D eigenvalue weighted by molar-refractivity contribution is 0.178. The Hall–Kier alpha value is -1.80. The second-order valence-electron chi connectivity index (χ2n) is 4.49. The smallest absolute Gasteiger partial charge is 0.368 e. The summed E-state index contributed by atoms with van der Waals surface area (Å²) in [4.78, 5) is 23.6. The highest BCUT2D eigenvalue weighted by molar-refractivity contribution is 4.92. The molecule has 8 nitrogen and oxygen atoms in total. The first-order valence-corrected chi connectivity index (χ1v) is 6.68. The van der Waals surface area contributed by atoms with Crippen LogP contribution < -0.4 is 22.1 Å². The van der Waals surface area contributed by atoms with Gasteiger partial charge >= 0.3 is 5.69 Å². The minimum Gasteiger partial charge on any atom is -0.391 e. The van der Waals surface area contributed by atoms with Crippen LogP contribution in [-0.4, -0.2) is 44.9 Å². The van der Waals surface area contributed by atoms with Crippen molar-refractivity contribution in [3.8, 4) is 0 Å². The van der Waals surface area contributed by atoms with Crippen molar-refractivity contribution in [3.05, 3.63) is 33.1 Å². The Balaban J connectivity index is 2.84. The standard InChI is InChI=1S/C12H22N4O4/c1-3-9(17)7-13-15-6-5-11(19)16(12(15)20)14-8-10(18)4-2/h5-6,9-10,13-14,17-18H,3-4,7-8H2,1-2H3. The number of hydrogen-bond donors (Lipinski definition) is 4. The van der Waals surface area contributed by atoms with Gasteiger partial charge in [-0.25, -0.2) is 9.47 Å². The van der Waals surface area contributed by atoms with Crippen LogP contribution in [0.1, 0.15) is 26.7 Å². The lowest BCUT2D eigenvalue weighted by Crippen LogP contribution is -2.48. The highest BCUT2D eigenvalue weighted by atomic mass is 16.3. The fourth-order valence-corrected chi connectivity index (χ4v) is 1.43. The fourth-order valence-electron chi connectivity index (χ4n) is 1.43. The van der Waals surface area contributed by atoms with Gasteiger partial charge in [-0.1, -0.05) is 13.8 Å².